The minimum Gasteiger partial charge on any atom is -0.282 e. The Hall–Kier alpha value is -0.0600. The molecule has 0 bridgehead atoms. The number of benzene rings is 1. The summed E-state index contributed by atoms with van der Waals surface area (Å²) < 4.78 is 50.4. The van der Waals surface area contributed by atoms with Gasteiger partial charge in [-0.1, -0.05) is 11.6 Å². The van der Waals surface area contributed by atoms with Gasteiger partial charge in [0.2, 0.25) is 10.0 Å². The minimum atomic E-state index is -3.58. The van der Waals surface area contributed by atoms with Crippen molar-refractivity contribution in [3.63, 3.8) is 0 Å². The lowest BCUT2D eigenvalue weighted by atomic mass is 10.2. The lowest BCUT2D eigenvalue weighted by molar-refractivity contribution is 0.555. The summed E-state index contributed by atoms with van der Waals surface area (Å²) in [5, 5.41) is -0.140. The molecule has 9 heteroatoms. The predicted molar refractivity (Wildman–Crippen MR) is 88.4 cm³/mol. The second-order valence-electron chi connectivity index (χ2n) is 4.62. The van der Waals surface area contributed by atoms with Crippen molar-refractivity contribution in [1.29, 1.82) is 0 Å². The van der Waals surface area contributed by atoms with Crippen LogP contribution in [0.4, 0.5) is 5.69 Å². The lowest BCUT2D eigenvalue weighted by Crippen LogP contribution is -2.36. The van der Waals surface area contributed by atoms with Crippen LogP contribution in [0.3, 0.4) is 0 Å². The second kappa shape index (κ2) is 5.98. The average molecular weight is 450 g/mol. The van der Waals surface area contributed by atoms with Crippen molar-refractivity contribution < 1.29 is 16.8 Å². The van der Waals surface area contributed by atoms with Gasteiger partial charge in [0.1, 0.15) is 9.84 Å². The van der Waals surface area contributed by atoms with Gasteiger partial charge in [0.25, 0.3) is 0 Å². The highest BCUT2D eigenvalue weighted by molar-refractivity contribution is 14.1. The maximum absolute atomic E-state index is 12.3. The Balaban J connectivity index is 2.16. The summed E-state index contributed by atoms with van der Waals surface area (Å²) in [4.78, 5) is 0. The van der Waals surface area contributed by atoms with E-state index in [0.29, 0.717) is 14.3 Å². The summed E-state index contributed by atoms with van der Waals surface area (Å²) in [5.74, 6) is -0.146. The normalized spacial score (nSPS) is 19.7. The molecule has 5 nitrogen and oxygen atoms in total. The van der Waals surface area contributed by atoms with Gasteiger partial charge >= 0.3 is 0 Å². The van der Waals surface area contributed by atoms with Crippen LogP contribution in [0.15, 0.2) is 18.2 Å². The van der Waals surface area contributed by atoms with Crippen LogP contribution in [0.5, 0.6) is 0 Å². The standard InChI is InChI=1S/C11H13ClINO4S2/c12-8-1-2-11(10(13)7-8)14-20(17,18)9-3-5-19(15,16)6-4-9/h1-2,7,9,14H,3-6H2. The Labute approximate surface area is 137 Å². The maximum Gasteiger partial charge on any atom is 0.235 e. The Morgan fingerprint density at radius 2 is 1.85 bits per heavy atom. The molecule has 1 N–H and O–H groups in total. The number of anilines is 1. The van der Waals surface area contributed by atoms with Gasteiger partial charge in [-0.25, -0.2) is 16.8 Å². The van der Waals surface area contributed by atoms with Gasteiger partial charge in [-0.3, -0.25) is 4.72 Å². The molecule has 1 aromatic rings. The minimum absolute atomic E-state index is 0.0731. The maximum atomic E-state index is 12.3. The highest BCUT2D eigenvalue weighted by Crippen LogP contribution is 2.26. The first-order valence-electron chi connectivity index (χ1n) is 5.87. The molecular weight excluding hydrogens is 437 g/mol. The first-order valence-corrected chi connectivity index (χ1v) is 10.7. The van der Waals surface area contributed by atoms with Crippen molar-refractivity contribution in [2.24, 2.45) is 0 Å². The van der Waals surface area contributed by atoms with Gasteiger partial charge in [0, 0.05) is 8.59 Å². The Morgan fingerprint density at radius 1 is 1.25 bits per heavy atom. The van der Waals surface area contributed by atoms with Gasteiger partial charge in [-0.15, -0.1) is 0 Å². The van der Waals surface area contributed by atoms with E-state index in [1.165, 1.54) is 0 Å². The van der Waals surface area contributed by atoms with E-state index in [4.69, 9.17) is 11.6 Å². The van der Waals surface area contributed by atoms with Crippen molar-refractivity contribution >= 4 is 59.7 Å². The van der Waals surface area contributed by atoms with Crippen LogP contribution in [0.2, 0.25) is 5.02 Å². The molecule has 0 amide bonds. The summed E-state index contributed by atoms with van der Waals surface area (Å²) in [6, 6.07) is 4.86. The van der Waals surface area contributed by atoms with Crippen molar-refractivity contribution in [3.8, 4) is 0 Å². The Bertz CT molecular complexity index is 704. The van der Waals surface area contributed by atoms with Crippen molar-refractivity contribution in [1.82, 2.24) is 0 Å². The van der Waals surface area contributed by atoms with E-state index in [0.717, 1.165) is 0 Å². The summed E-state index contributed by atoms with van der Waals surface area (Å²) in [7, 11) is -6.66. The molecule has 1 saturated heterocycles. The number of sulfone groups is 1. The van der Waals surface area contributed by atoms with Gasteiger partial charge in [-0.05, 0) is 53.6 Å². The average Bonchev–Trinajstić information content (AvgIpc) is 2.32. The molecule has 2 rings (SSSR count). The van der Waals surface area contributed by atoms with E-state index >= 15 is 0 Å². The lowest BCUT2D eigenvalue weighted by Gasteiger charge is -2.23. The van der Waals surface area contributed by atoms with E-state index in [2.05, 4.69) is 4.72 Å². The van der Waals surface area contributed by atoms with E-state index < -0.39 is 25.1 Å². The Morgan fingerprint density at radius 3 is 2.40 bits per heavy atom. The molecule has 1 aliphatic rings. The van der Waals surface area contributed by atoms with E-state index in [9.17, 15) is 16.8 Å². The number of hydrogen-bond donors (Lipinski definition) is 1. The summed E-state index contributed by atoms with van der Waals surface area (Å²) in [5.41, 5.74) is 0.462. The molecule has 0 saturated carbocycles. The topological polar surface area (TPSA) is 80.3 Å². The van der Waals surface area contributed by atoms with Crippen LogP contribution in [-0.2, 0) is 19.9 Å². The third kappa shape index (κ3) is 3.99. The number of hydrogen-bond acceptors (Lipinski definition) is 4. The number of nitrogens with one attached hydrogen (secondary N) is 1. The van der Waals surface area contributed by atoms with Crippen LogP contribution in [-0.4, -0.2) is 33.6 Å². The van der Waals surface area contributed by atoms with Crippen molar-refractivity contribution in [3.05, 3.63) is 26.8 Å². The number of halogens is 2. The predicted octanol–water partition coefficient (Wildman–Crippen LogP) is 2.26. The fourth-order valence-corrected chi connectivity index (χ4v) is 6.47. The fourth-order valence-electron chi connectivity index (χ4n) is 1.99. The highest BCUT2D eigenvalue weighted by Gasteiger charge is 2.33. The number of sulfonamides is 1. The van der Waals surface area contributed by atoms with Gasteiger partial charge in [0.15, 0.2) is 0 Å². The van der Waals surface area contributed by atoms with E-state index in [1.807, 2.05) is 22.6 Å². The van der Waals surface area contributed by atoms with Crippen LogP contribution >= 0.6 is 34.2 Å². The van der Waals surface area contributed by atoms with Crippen molar-refractivity contribution in [2.75, 3.05) is 16.2 Å². The molecule has 0 atom stereocenters. The SMILES string of the molecule is O=S1(=O)CCC(S(=O)(=O)Nc2ccc(Cl)cc2I)CC1. The summed E-state index contributed by atoms with van der Waals surface area (Å²) >= 11 is 7.81. The van der Waals surface area contributed by atoms with Gasteiger partial charge < -0.3 is 0 Å². The fraction of sp³-hybridized carbons (Fsp3) is 0.455. The zero-order valence-corrected chi connectivity index (χ0v) is 14.9. The first kappa shape index (κ1) is 16.3. The van der Waals surface area contributed by atoms with Gasteiger partial charge in [-0.2, -0.15) is 0 Å². The molecule has 0 aliphatic carbocycles. The van der Waals surface area contributed by atoms with Gasteiger partial charge in [0.05, 0.1) is 22.4 Å². The zero-order valence-electron chi connectivity index (χ0n) is 10.3. The molecule has 20 heavy (non-hydrogen) atoms. The smallest absolute Gasteiger partial charge is 0.235 e. The largest absolute Gasteiger partial charge is 0.282 e. The van der Waals surface area contributed by atoms with Crippen molar-refractivity contribution in [2.45, 2.75) is 18.1 Å². The van der Waals surface area contributed by atoms with E-state index in [-0.39, 0.29) is 24.3 Å². The van der Waals surface area contributed by atoms with E-state index in [1.54, 1.807) is 18.2 Å². The molecular formula is C11H13ClINO4S2. The van der Waals surface area contributed by atoms with Crippen LogP contribution < -0.4 is 4.72 Å². The molecule has 0 aromatic heterocycles. The first-order chi connectivity index (χ1) is 9.20. The molecule has 0 unspecified atom stereocenters. The molecule has 1 fully saturated rings. The second-order valence-corrected chi connectivity index (χ2v) is 10.5. The van der Waals surface area contributed by atoms with Crippen LogP contribution in [0.1, 0.15) is 12.8 Å². The molecule has 1 heterocycles. The summed E-state index contributed by atoms with van der Waals surface area (Å²) in [6.45, 7) is 0. The molecule has 1 aliphatic heterocycles. The molecule has 0 spiro atoms. The van der Waals surface area contributed by atoms with Crippen LogP contribution in [0, 0.1) is 3.57 Å². The molecule has 112 valence electrons. The number of rotatable bonds is 3. The quantitative estimate of drug-likeness (QED) is 0.718. The Kier molecular flexibility index (Phi) is 4.87. The highest BCUT2D eigenvalue weighted by atomic mass is 127. The summed E-state index contributed by atoms with van der Waals surface area (Å²) in [6.07, 6.45) is 0.281. The zero-order chi connectivity index (χ0) is 15.0. The third-order valence-electron chi connectivity index (χ3n) is 3.12. The molecule has 1 aromatic carbocycles. The molecule has 0 radical (unpaired) electrons. The third-order valence-corrected chi connectivity index (χ3v) is 7.82. The van der Waals surface area contributed by atoms with Crippen LogP contribution in [0.25, 0.3) is 0 Å². The monoisotopic (exact) mass is 449 g/mol.